The first kappa shape index (κ1) is 16.2. The van der Waals surface area contributed by atoms with E-state index in [-0.39, 0.29) is 29.6 Å². The van der Waals surface area contributed by atoms with Crippen molar-refractivity contribution in [1.82, 2.24) is 0 Å². The molecule has 0 aromatic heterocycles. The Labute approximate surface area is 119 Å². The van der Waals surface area contributed by atoms with Crippen molar-refractivity contribution in [1.29, 1.82) is 0 Å². The molecule has 0 radical (unpaired) electrons. The zero-order valence-electron chi connectivity index (χ0n) is 9.00. The van der Waals surface area contributed by atoms with Crippen LogP contribution >= 0.6 is 0 Å². The number of hydrogen-bond donors (Lipinski definition) is 2. The first-order valence-corrected chi connectivity index (χ1v) is 5.28. The average molecular weight is 270 g/mol. The number of phenols is 1. The van der Waals surface area contributed by atoms with E-state index in [2.05, 4.69) is 4.74 Å². The first-order valence-electron chi connectivity index (χ1n) is 3.87. The van der Waals surface area contributed by atoms with Gasteiger partial charge >= 0.3 is 35.5 Å². The average Bonchev–Trinajstić information content (AvgIpc) is 2.15. The van der Waals surface area contributed by atoms with Gasteiger partial charge in [0.1, 0.15) is 15.0 Å². The molecule has 0 spiro atoms. The SMILES string of the molecule is COc1cc(C(=O)O)cc(S(=O)(=O)[O-])c1O.[Na+]. The van der Waals surface area contributed by atoms with Crippen molar-refractivity contribution >= 4 is 16.1 Å². The molecule has 0 aliphatic heterocycles. The maximum Gasteiger partial charge on any atom is 1.00 e. The second-order valence-corrected chi connectivity index (χ2v) is 4.13. The molecule has 1 rings (SSSR count). The molecule has 1 aromatic carbocycles. The molecule has 0 fully saturated rings. The third-order valence-corrected chi connectivity index (χ3v) is 2.63. The molecular formula is C8H7NaO7S. The second-order valence-electron chi connectivity index (χ2n) is 2.78. The fourth-order valence-electron chi connectivity index (χ4n) is 1.05. The van der Waals surface area contributed by atoms with Crippen LogP contribution in [-0.2, 0) is 10.1 Å². The number of rotatable bonds is 3. The van der Waals surface area contributed by atoms with E-state index in [1.165, 1.54) is 0 Å². The number of carbonyl (C=O) groups is 1. The van der Waals surface area contributed by atoms with E-state index >= 15 is 0 Å². The maximum absolute atomic E-state index is 10.7. The van der Waals surface area contributed by atoms with Gasteiger partial charge in [-0.2, -0.15) is 0 Å². The second kappa shape index (κ2) is 5.69. The van der Waals surface area contributed by atoms with Gasteiger partial charge in [0.25, 0.3) is 0 Å². The largest absolute Gasteiger partial charge is 1.00 e. The minimum Gasteiger partial charge on any atom is -0.744 e. The fraction of sp³-hybridized carbons (Fsp3) is 0.125. The van der Waals surface area contributed by atoms with E-state index in [9.17, 15) is 22.9 Å². The Balaban J connectivity index is 0.00000256. The van der Waals surface area contributed by atoms with E-state index in [0.29, 0.717) is 6.07 Å². The molecule has 0 unspecified atom stereocenters. The standard InChI is InChI=1S/C8H8O7S.Na/c1-15-5-2-4(8(10)11)3-6(7(5)9)16(12,13)14;/h2-3,9H,1H3,(H,10,11)(H,12,13,14);/q;+1/p-1. The molecule has 0 aliphatic rings. The number of ether oxygens (including phenoxy) is 1. The number of phenolic OH excluding ortho intramolecular Hbond substituents is 1. The summed E-state index contributed by atoms with van der Waals surface area (Å²) in [5.41, 5.74) is -0.468. The predicted octanol–water partition coefficient (Wildman–Crippen LogP) is -2.99. The Hall–Kier alpha value is -0.800. The van der Waals surface area contributed by atoms with Crippen LogP contribution in [0.25, 0.3) is 0 Å². The topological polar surface area (TPSA) is 124 Å². The monoisotopic (exact) mass is 270 g/mol. The Morgan fingerprint density at radius 3 is 2.29 bits per heavy atom. The molecule has 9 heteroatoms. The molecule has 0 heterocycles. The van der Waals surface area contributed by atoms with Crippen LogP contribution in [0.3, 0.4) is 0 Å². The third-order valence-electron chi connectivity index (χ3n) is 1.78. The van der Waals surface area contributed by atoms with Crippen molar-refractivity contribution in [3.63, 3.8) is 0 Å². The Bertz CT molecular complexity index is 537. The molecule has 1 aromatic rings. The summed E-state index contributed by atoms with van der Waals surface area (Å²) in [5, 5.41) is 18.0. The molecule has 17 heavy (non-hydrogen) atoms. The van der Waals surface area contributed by atoms with Gasteiger partial charge in [-0.05, 0) is 12.1 Å². The minimum absolute atomic E-state index is 0. The van der Waals surface area contributed by atoms with Crippen LogP contribution in [-0.4, -0.2) is 36.3 Å². The van der Waals surface area contributed by atoms with Crippen LogP contribution in [0.1, 0.15) is 10.4 Å². The van der Waals surface area contributed by atoms with Crippen molar-refractivity contribution in [3.05, 3.63) is 17.7 Å². The first-order chi connectivity index (χ1) is 7.27. The molecule has 0 amide bonds. The Morgan fingerprint density at radius 1 is 1.41 bits per heavy atom. The van der Waals surface area contributed by atoms with Crippen molar-refractivity contribution < 1.29 is 62.3 Å². The zero-order valence-corrected chi connectivity index (χ0v) is 11.8. The number of carboxylic acid groups (broad SMARTS) is 1. The quantitative estimate of drug-likeness (QED) is 0.443. The summed E-state index contributed by atoms with van der Waals surface area (Å²) in [5.74, 6) is -2.74. The summed E-state index contributed by atoms with van der Waals surface area (Å²) in [4.78, 5) is 9.60. The van der Waals surface area contributed by atoms with Crippen LogP contribution in [0.4, 0.5) is 0 Å². The molecule has 88 valence electrons. The molecular weight excluding hydrogens is 263 g/mol. The number of hydrogen-bond acceptors (Lipinski definition) is 6. The van der Waals surface area contributed by atoms with Gasteiger partial charge in [-0.25, -0.2) is 13.2 Å². The molecule has 2 N–H and O–H groups in total. The van der Waals surface area contributed by atoms with E-state index < -0.39 is 38.0 Å². The van der Waals surface area contributed by atoms with Gasteiger partial charge in [-0.3, -0.25) is 0 Å². The smallest absolute Gasteiger partial charge is 0.744 e. The number of aromatic carboxylic acids is 1. The Kier molecular flexibility index (Phi) is 5.43. The van der Waals surface area contributed by atoms with Gasteiger partial charge in [-0.1, -0.05) is 0 Å². The van der Waals surface area contributed by atoms with Crippen molar-refractivity contribution in [3.8, 4) is 11.5 Å². The van der Waals surface area contributed by atoms with Crippen LogP contribution in [0.5, 0.6) is 11.5 Å². The van der Waals surface area contributed by atoms with Crippen LogP contribution < -0.4 is 34.3 Å². The van der Waals surface area contributed by atoms with E-state index in [4.69, 9.17) is 5.11 Å². The zero-order chi connectivity index (χ0) is 12.5. The minimum atomic E-state index is -4.97. The normalized spacial score (nSPS) is 10.5. The maximum atomic E-state index is 10.7. The van der Waals surface area contributed by atoms with Crippen molar-refractivity contribution in [2.45, 2.75) is 4.90 Å². The summed E-state index contributed by atoms with van der Waals surface area (Å²) in [6.07, 6.45) is 0. The summed E-state index contributed by atoms with van der Waals surface area (Å²) < 4.78 is 36.8. The van der Waals surface area contributed by atoms with Gasteiger partial charge in [0.15, 0.2) is 11.5 Å². The fourth-order valence-corrected chi connectivity index (χ4v) is 1.66. The van der Waals surface area contributed by atoms with Crippen LogP contribution in [0, 0.1) is 0 Å². The van der Waals surface area contributed by atoms with Crippen LogP contribution in [0.15, 0.2) is 17.0 Å². The van der Waals surface area contributed by atoms with E-state index in [0.717, 1.165) is 13.2 Å². The van der Waals surface area contributed by atoms with E-state index in [1.807, 2.05) is 0 Å². The van der Waals surface area contributed by atoms with Gasteiger partial charge in [-0.15, -0.1) is 0 Å². The number of carboxylic acids is 1. The predicted molar refractivity (Wildman–Crippen MR) is 49.6 cm³/mol. The van der Waals surface area contributed by atoms with Gasteiger partial charge in [0, 0.05) is 0 Å². The van der Waals surface area contributed by atoms with Gasteiger partial charge in [0.2, 0.25) is 0 Å². The van der Waals surface area contributed by atoms with Crippen molar-refractivity contribution in [2.24, 2.45) is 0 Å². The number of aromatic hydroxyl groups is 1. The third kappa shape index (κ3) is 3.58. The van der Waals surface area contributed by atoms with Gasteiger partial charge in [0.05, 0.1) is 12.7 Å². The summed E-state index contributed by atoms with van der Waals surface area (Å²) >= 11 is 0. The molecule has 0 atom stereocenters. The molecule has 0 aliphatic carbocycles. The molecule has 0 bridgehead atoms. The van der Waals surface area contributed by atoms with E-state index in [1.54, 1.807) is 0 Å². The summed E-state index contributed by atoms with van der Waals surface area (Å²) in [6.45, 7) is 0. The number of benzene rings is 1. The summed E-state index contributed by atoms with van der Waals surface area (Å²) in [6, 6.07) is 1.48. The Morgan fingerprint density at radius 2 is 1.94 bits per heavy atom. The summed E-state index contributed by atoms with van der Waals surface area (Å²) in [7, 11) is -3.87. The van der Waals surface area contributed by atoms with Crippen LogP contribution in [0.2, 0.25) is 0 Å². The number of methoxy groups -OCH3 is 1. The molecule has 7 nitrogen and oxygen atoms in total. The van der Waals surface area contributed by atoms with Crippen molar-refractivity contribution in [2.75, 3.05) is 7.11 Å². The van der Waals surface area contributed by atoms with Gasteiger partial charge < -0.3 is 19.5 Å². The molecule has 0 saturated heterocycles. The molecule has 0 saturated carbocycles.